The third-order valence-electron chi connectivity index (χ3n) is 4.23. The summed E-state index contributed by atoms with van der Waals surface area (Å²) in [6.45, 7) is 2.63. The van der Waals surface area contributed by atoms with Crippen LogP contribution in [0.2, 0.25) is 0 Å². The molecular weight excluding hydrogens is 334 g/mol. The maximum absolute atomic E-state index is 12.4. The Balaban J connectivity index is 1.79. The molecule has 1 amide bonds. The molecule has 0 aliphatic heterocycles. The molecule has 1 N–H and O–H groups in total. The van der Waals surface area contributed by atoms with Gasteiger partial charge in [-0.2, -0.15) is 0 Å². The monoisotopic (exact) mass is 355 g/mol. The van der Waals surface area contributed by atoms with Crippen LogP contribution in [-0.2, 0) is 17.9 Å². The Morgan fingerprint density at radius 1 is 1.04 bits per heavy atom. The Hall–Kier alpha value is -3.22. The lowest BCUT2D eigenvalue weighted by atomic mass is 10.2. The number of carbonyl (C=O) groups is 1. The summed E-state index contributed by atoms with van der Waals surface area (Å²) in [6, 6.07) is 8.77. The van der Waals surface area contributed by atoms with Crippen molar-refractivity contribution in [3.05, 3.63) is 53.1 Å². The lowest BCUT2D eigenvalue weighted by molar-refractivity contribution is -0.116. The van der Waals surface area contributed by atoms with Crippen LogP contribution in [0.4, 0.5) is 5.69 Å². The molecule has 0 atom stereocenters. The number of hydrogen-bond donors (Lipinski definition) is 1. The van der Waals surface area contributed by atoms with E-state index in [2.05, 4.69) is 5.32 Å². The zero-order chi connectivity index (χ0) is 18.7. The Bertz CT molecular complexity index is 1000. The summed E-state index contributed by atoms with van der Waals surface area (Å²) in [4.78, 5) is 24.7. The Morgan fingerprint density at radius 3 is 2.46 bits per heavy atom. The minimum atomic E-state index is -0.200. The maximum atomic E-state index is 12.4. The Morgan fingerprint density at radius 2 is 1.77 bits per heavy atom. The van der Waals surface area contributed by atoms with E-state index in [4.69, 9.17) is 9.47 Å². The van der Waals surface area contributed by atoms with E-state index >= 15 is 0 Å². The summed E-state index contributed by atoms with van der Waals surface area (Å²) in [5, 5.41) is 3.43. The van der Waals surface area contributed by atoms with Gasteiger partial charge in [-0.15, -0.1) is 0 Å². The average Bonchev–Trinajstić information content (AvgIpc) is 3.05. The number of aromatic nitrogens is 2. The van der Waals surface area contributed by atoms with Gasteiger partial charge in [-0.1, -0.05) is 0 Å². The van der Waals surface area contributed by atoms with Crippen molar-refractivity contribution < 1.29 is 14.3 Å². The van der Waals surface area contributed by atoms with Crippen molar-refractivity contribution in [3.63, 3.8) is 0 Å². The summed E-state index contributed by atoms with van der Waals surface area (Å²) in [7, 11) is 3.10. The molecule has 7 nitrogen and oxygen atoms in total. The van der Waals surface area contributed by atoms with Gasteiger partial charge in [-0.3, -0.25) is 9.59 Å². The van der Waals surface area contributed by atoms with Crippen molar-refractivity contribution in [2.75, 3.05) is 19.5 Å². The van der Waals surface area contributed by atoms with Gasteiger partial charge in [-0.25, -0.2) is 0 Å². The van der Waals surface area contributed by atoms with Crippen LogP contribution in [0.15, 0.2) is 47.5 Å². The number of rotatable bonds is 6. The molecule has 0 bridgehead atoms. The van der Waals surface area contributed by atoms with E-state index < -0.39 is 0 Å². The standard InChI is InChI=1S/C19H21N3O4/c1-4-21-10-8-15-14(19(21)24)7-9-22(15)12-18(23)20-13-5-6-16(25-2)17(11-13)26-3/h5-11H,4,12H2,1-3H3,(H,20,23). The van der Waals surface area contributed by atoms with E-state index in [1.165, 1.54) is 0 Å². The number of fused-ring (bicyclic) bond motifs is 1. The van der Waals surface area contributed by atoms with Crippen LogP contribution in [0.5, 0.6) is 11.5 Å². The number of anilines is 1. The summed E-state index contributed by atoms with van der Waals surface area (Å²) >= 11 is 0. The molecule has 2 aromatic heterocycles. The number of aryl methyl sites for hydroxylation is 1. The minimum Gasteiger partial charge on any atom is -0.493 e. The fourth-order valence-electron chi connectivity index (χ4n) is 2.89. The molecule has 0 spiro atoms. The van der Waals surface area contributed by atoms with E-state index in [0.717, 1.165) is 5.52 Å². The summed E-state index contributed by atoms with van der Waals surface area (Å²) in [5.41, 5.74) is 1.30. The molecule has 7 heteroatoms. The van der Waals surface area contributed by atoms with Crippen LogP contribution in [0.25, 0.3) is 10.9 Å². The van der Waals surface area contributed by atoms with Gasteiger partial charge in [0.1, 0.15) is 6.54 Å². The van der Waals surface area contributed by atoms with E-state index in [9.17, 15) is 9.59 Å². The first-order chi connectivity index (χ1) is 12.6. The van der Waals surface area contributed by atoms with Gasteiger partial charge in [0.2, 0.25) is 5.91 Å². The molecular formula is C19H21N3O4. The van der Waals surface area contributed by atoms with Crippen LogP contribution in [-0.4, -0.2) is 29.3 Å². The molecule has 0 fully saturated rings. The van der Waals surface area contributed by atoms with Crippen LogP contribution >= 0.6 is 0 Å². The van der Waals surface area contributed by atoms with Gasteiger partial charge in [0.15, 0.2) is 11.5 Å². The van der Waals surface area contributed by atoms with E-state index in [1.54, 1.807) is 60.0 Å². The average molecular weight is 355 g/mol. The van der Waals surface area contributed by atoms with Gasteiger partial charge >= 0.3 is 0 Å². The number of ether oxygens (including phenoxy) is 2. The second-order valence-electron chi connectivity index (χ2n) is 5.77. The number of amides is 1. The first-order valence-corrected chi connectivity index (χ1v) is 8.27. The molecule has 26 heavy (non-hydrogen) atoms. The van der Waals surface area contributed by atoms with Gasteiger partial charge in [0.05, 0.1) is 25.1 Å². The first-order valence-electron chi connectivity index (χ1n) is 8.27. The number of carbonyl (C=O) groups excluding carboxylic acids is 1. The normalized spacial score (nSPS) is 10.7. The highest BCUT2D eigenvalue weighted by Crippen LogP contribution is 2.29. The number of benzene rings is 1. The number of nitrogens with one attached hydrogen (secondary N) is 1. The number of pyridine rings is 1. The highest BCUT2D eigenvalue weighted by atomic mass is 16.5. The highest BCUT2D eigenvalue weighted by Gasteiger charge is 2.11. The van der Waals surface area contributed by atoms with Gasteiger partial charge in [0, 0.05) is 30.7 Å². The minimum absolute atomic E-state index is 0.0518. The molecule has 1 aromatic carbocycles. The van der Waals surface area contributed by atoms with Gasteiger partial charge in [-0.05, 0) is 31.2 Å². The molecule has 2 heterocycles. The fourth-order valence-corrected chi connectivity index (χ4v) is 2.89. The quantitative estimate of drug-likeness (QED) is 0.737. The topological polar surface area (TPSA) is 74.5 Å². The predicted molar refractivity (Wildman–Crippen MR) is 100 cm³/mol. The molecule has 0 unspecified atom stereocenters. The number of nitrogens with zero attached hydrogens (tertiary/aromatic N) is 2. The number of methoxy groups -OCH3 is 2. The van der Waals surface area contributed by atoms with Crippen LogP contribution in [0, 0.1) is 0 Å². The second kappa shape index (κ2) is 7.35. The van der Waals surface area contributed by atoms with Crippen LogP contribution < -0.4 is 20.3 Å². The maximum Gasteiger partial charge on any atom is 0.259 e. The third-order valence-corrected chi connectivity index (χ3v) is 4.23. The molecule has 0 aliphatic carbocycles. The van der Waals surface area contributed by atoms with Crippen molar-refractivity contribution in [2.24, 2.45) is 0 Å². The highest BCUT2D eigenvalue weighted by molar-refractivity contribution is 5.92. The van der Waals surface area contributed by atoms with Crippen LogP contribution in [0.3, 0.4) is 0 Å². The Labute approximate surface area is 150 Å². The smallest absolute Gasteiger partial charge is 0.259 e. The molecule has 0 saturated heterocycles. The summed E-state index contributed by atoms with van der Waals surface area (Å²) in [5.74, 6) is 0.931. The van der Waals surface area contributed by atoms with Crippen molar-refractivity contribution >= 4 is 22.5 Å². The third kappa shape index (κ3) is 3.28. The molecule has 136 valence electrons. The van der Waals surface area contributed by atoms with E-state index in [1.807, 2.05) is 13.0 Å². The molecule has 0 aliphatic rings. The van der Waals surface area contributed by atoms with Gasteiger partial charge in [0.25, 0.3) is 5.56 Å². The SMILES string of the molecule is CCn1ccc2c(ccn2CC(=O)Nc2ccc(OC)c(OC)c2)c1=O. The van der Waals surface area contributed by atoms with Crippen molar-refractivity contribution in [1.29, 1.82) is 0 Å². The molecule has 0 saturated carbocycles. The van der Waals surface area contributed by atoms with Crippen molar-refractivity contribution in [2.45, 2.75) is 20.0 Å². The lowest BCUT2D eigenvalue weighted by Crippen LogP contribution is -2.20. The van der Waals surface area contributed by atoms with Crippen molar-refractivity contribution in [3.8, 4) is 11.5 Å². The molecule has 3 aromatic rings. The largest absolute Gasteiger partial charge is 0.493 e. The fraction of sp³-hybridized carbons (Fsp3) is 0.263. The molecule has 0 radical (unpaired) electrons. The summed E-state index contributed by atoms with van der Waals surface area (Å²) in [6.07, 6.45) is 3.49. The second-order valence-corrected chi connectivity index (χ2v) is 5.77. The zero-order valence-corrected chi connectivity index (χ0v) is 15.0. The lowest BCUT2D eigenvalue weighted by Gasteiger charge is -2.11. The van der Waals surface area contributed by atoms with Crippen LogP contribution in [0.1, 0.15) is 6.92 Å². The first kappa shape index (κ1) is 17.6. The summed E-state index contributed by atoms with van der Waals surface area (Å²) < 4.78 is 13.8. The number of hydrogen-bond acceptors (Lipinski definition) is 4. The van der Waals surface area contributed by atoms with E-state index in [0.29, 0.717) is 29.1 Å². The van der Waals surface area contributed by atoms with E-state index in [-0.39, 0.29) is 18.0 Å². The molecule has 3 rings (SSSR count). The zero-order valence-electron chi connectivity index (χ0n) is 15.0. The predicted octanol–water partition coefficient (Wildman–Crippen LogP) is 2.48. The van der Waals surface area contributed by atoms with Gasteiger partial charge < -0.3 is 23.9 Å². The Kier molecular flexibility index (Phi) is 4.97. The van der Waals surface area contributed by atoms with Crippen molar-refractivity contribution in [1.82, 2.24) is 9.13 Å².